The van der Waals surface area contributed by atoms with Crippen LogP contribution in [0.3, 0.4) is 0 Å². The van der Waals surface area contributed by atoms with Crippen LogP contribution in [0, 0.1) is 0 Å². The van der Waals surface area contributed by atoms with Crippen LogP contribution in [0.25, 0.3) is 0 Å². The van der Waals surface area contributed by atoms with Gasteiger partial charge in [-0.15, -0.1) is 0 Å². The highest BCUT2D eigenvalue weighted by Gasteiger charge is 2.33. The van der Waals surface area contributed by atoms with Crippen molar-refractivity contribution in [3.63, 3.8) is 0 Å². The van der Waals surface area contributed by atoms with Crippen molar-refractivity contribution in [3.8, 4) is 0 Å². The lowest BCUT2D eigenvalue weighted by Crippen LogP contribution is -2.10. The number of alkyl halides is 3. The summed E-state index contributed by atoms with van der Waals surface area (Å²) in [5, 5.41) is 0.270. The number of nitrogens with one attached hydrogen (secondary N) is 1. The average molecular weight is 464 g/mol. The van der Waals surface area contributed by atoms with Gasteiger partial charge in [0.2, 0.25) is 0 Å². The first-order valence-electron chi connectivity index (χ1n) is 7.52. The van der Waals surface area contributed by atoms with Crippen molar-refractivity contribution in [3.05, 3.63) is 70.6 Å². The Hall–Kier alpha value is -1.81. The molecule has 0 fully saturated rings. The Bertz CT molecular complexity index is 1020. The third kappa shape index (κ3) is 5.16. The lowest BCUT2D eigenvalue weighted by molar-refractivity contribution is -0.137. The summed E-state index contributed by atoms with van der Waals surface area (Å²) in [6.45, 7) is 0. The quantitative estimate of drug-likeness (QED) is 0.497. The maximum atomic E-state index is 13.0. The summed E-state index contributed by atoms with van der Waals surface area (Å²) in [6, 6.07) is 8.08. The Kier molecular flexibility index (Phi) is 6.49. The SMILES string of the molecule is O=S(Nc1cc(Cl)cnc1Sc1ccncc1)c1ccc(Cl)c(C(F)(F)F)c1. The van der Waals surface area contributed by atoms with Crippen molar-refractivity contribution in [2.75, 3.05) is 4.72 Å². The topological polar surface area (TPSA) is 54.9 Å². The molecular formula is C17H10Cl2F3N3OS2. The average Bonchev–Trinajstić information content (AvgIpc) is 2.64. The molecule has 1 aromatic carbocycles. The van der Waals surface area contributed by atoms with Crippen molar-refractivity contribution in [2.45, 2.75) is 21.0 Å². The van der Waals surface area contributed by atoms with Gasteiger partial charge in [0.05, 0.1) is 26.2 Å². The summed E-state index contributed by atoms with van der Waals surface area (Å²) in [6.07, 6.45) is -0.0216. The fourth-order valence-electron chi connectivity index (χ4n) is 2.09. The Morgan fingerprint density at radius 2 is 1.79 bits per heavy atom. The first-order chi connectivity index (χ1) is 13.2. The van der Waals surface area contributed by atoms with Gasteiger partial charge in [-0.25, -0.2) is 9.19 Å². The number of halogens is 5. The first kappa shape index (κ1) is 20.9. The number of hydrogen-bond donors (Lipinski definition) is 1. The molecule has 4 nitrogen and oxygen atoms in total. The molecule has 0 aliphatic carbocycles. The molecule has 2 aromatic heterocycles. The van der Waals surface area contributed by atoms with Gasteiger partial charge >= 0.3 is 6.18 Å². The van der Waals surface area contributed by atoms with E-state index in [-0.39, 0.29) is 9.92 Å². The summed E-state index contributed by atoms with van der Waals surface area (Å²) in [7, 11) is -2.00. The van der Waals surface area contributed by atoms with Gasteiger partial charge in [0, 0.05) is 23.5 Å². The molecule has 0 bridgehead atoms. The fraction of sp³-hybridized carbons (Fsp3) is 0.0588. The summed E-state index contributed by atoms with van der Waals surface area (Å²) < 4.78 is 54.4. The second kappa shape index (κ2) is 8.69. The molecule has 0 radical (unpaired) electrons. The lowest BCUT2D eigenvalue weighted by atomic mass is 10.2. The molecule has 0 spiro atoms. The van der Waals surface area contributed by atoms with Crippen molar-refractivity contribution >= 4 is 51.6 Å². The third-order valence-corrected chi connectivity index (χ3v) is 5.99. The molecule has 28 heavy (non-hydrogen) atoms. The summed E-state index contributed by atoms with van der Waals surface area (Å²) in [4.78, 5) is 8.87. The van der Waals surface area contributed by atoms with Crippen LogP contribution in [0.5, 0.6) is 0 Å². The lowest BCUT2D eigenvalue weighted by Gasteiger charge is -2.13. The Labute approximate surface area is 175 Å². The number of anilines is 1. The van der Waals surface area contributed by atoms with E-state index in [1.165, 1.54) is 30.1 Å². The Balaban J connectivity index is 1.89. The second-order valence-corrected chi connectivity index (χ2v) is 8.42. The molecule has 1 N–H and O–H groups in total. The normalized spacial score (nSPS) is 12.6. The molecule has 146 valence electrons. The number of benzene rings is 1. The molecule has 11 heteroatoms. The molecule has 0 amide bonds. The number of hydrogen-bond acceptors (Lipinski definition) is 4. The zero-order chi connectivity index (χ0) is 20.3. The standard InChI is InChI=1S/C17H10Cl2F3N3OS2/c18-10-7-15(16(24-9-10)27-11-3-5-23-6-4-11)25-28(26)12-1-2-14(19)13(8-12)17(20,21)22/h1-9,25H. The zero-order valence-corrected chi connectivity index (χ0v) is 16.8. The molecule has 0 saturated heterocycles. The third-order valence-electron chi connectivity index (χ3n) is 3.34. The van der Waals surface area contributed by atoms with Gasteiger partial charge in [0.15, 0.2) is 0 Å². The second-order valence-electron chi connectivity index (χ2n) is 5.30. The fourth-order valence-corrected chi connectivity index (χ4v) is 4.24. The molecule has 1 unspecified atom stereocenters. The van der Waals surface area contributed by atoms with Crippen LogP contribution < -0.4 is 4.72 Å². The minimum Gasteiger partial charge on any atom is -0.298 e. The van der Waals surface area contributed by atoms with Gasteiger partial charge in [-0.1, -0.05) is 35.0 Å². The maximum absolute atomic E-state index is 13.0. The summed E-state index contributed by atoms with van der Waals surface area (Å²) in [5.41, 5.74) is -0.742. The van der Waals surface area contributed by atoms with Crippen LogP contribution in [0.15, 0.2) is 69.8 Å². The monoisotopic (exact) mass is 463 g/mol. The van der Waals surface area contributed by atoms with E-state index in [1.807, 2.05) is 0 Å². The van der Waals surface area contributed by atoms with E-state index in [9.17, 15) is 17.4 Å². The highest BCUT2D eigenvalue weighted by molar-refractivity contribution is 7.99. The molecule has 2 heterocycles. The predicted molar refractivity (Wildman–Crippen MR) is 104 cm³/mol. The zero-order valence-electron chi connectivity index (χ0n) is 13.7. The van der Waals surface area contributed by atoms with E-state index in [2.05, 4.69) is 14.7 Å². The van der Waals surface area contributed by atoms with Gasteiger partial charge in [0.25, 0.3) is 0 Å². The van der Waals surface area contributed by atoms with Gasteiger partial charge in [0.1, 0.15) is 16.0 Å². The Morgan fingerprint density at radius 3 is 2.46 bits per heavy atom. The Morgan fingerprint density at radius 1 is 1.07 bits per heavy atom. The van der Waals surface area contributed by atoms with Crippen molar-refractivity contribution in [1.82, 2.24) is 9.97 Å². The van der Waals surface area contributed by atoms with Crippen LogP contribution in [0.2, 0.25) is 10.0 Å². The first-order valence-corrected chi connectivity index (χ1v) is 10.2. The number of pyridine rings is 2. The smallest absolute Gasteiger partial charge is 0.298 e. The molecular weight excluding hydrogens is 454 g/mol. The largest absolute Gasteiger partial charge is 0.417 e. The van der Waals surface area contributed by atoms with Crippen molar-refractivity contribution < 1.29 is 17.4 Å². The molecule has 0 saturated carbocycles. The van der Waals surface area contributed by atoms with Gasteiger partial charge < -0.3 is 0 Å². The van der Waals surface area contributed by atoms with E-state index in [4.69, 9.17) is 23.2 Å². The summed E-state index contributed by atoms with van der Waals surface area (Å²) >= 11 is 12.8. The number of aromatic nitrogens is 2. The van der Waals surface area contributed by atoms with Gasteiger partial charge in [-0.05, 0) is 36.4 Å². The molecule has 3 aromatic rings. The van der Waals surface area contributed by atoms with Crippen LogP contribution in [0.4, 0.5) is 18.9 Å². The van der Waals surface area contributed by atoms with E-state index < -0.39 is 27.7 Å². The molecule has 1 atom stereocenters. The number of rotatable bonds is 5. The maximum Gasteiger partial charge on any atom is 0.417 e. The highest BCUT2D eigenvalue weighted by Crippen LogP contribution is 2.37. The van der Waals surface area contributed by atoms with E-state index in [0.717, 1.165) is 17.0 Å². The van der Waals surface area contributed by atoms with E-state index in [0.29, 0.717) is 10.7 Å². The highest BCUT2D eigenvalue weighted by atomic mass is 35.5. The molecule has 3 rings (SSSR count). The minimum absolute atomic E-state index is 0.0865. The van der Waals surface area contributed by atoms with Crippen LogP contribution in [0.1, 0.15) is 5.56 Å². The van der Waals surface area contributed by atoms with Gasteiger partial charge in [-0.2, -0.15) is 13.2 Å². The predicted octanol–water partition coefficient (Wildman–Crippen LogP) is 6.09. The van der Waals surface area contributed by atoms with Gasteiger partial charge in [-0.3, -0.25) is 9.71 Å². The van der Waals surface area contributed by atoms with E-state index >= 15 is 0 Å². The molecule has 0 aliphatic rings. The summed E-state index contributed by atoms with van der Waals surface area (Å²) in [5.74, 6) is 0. The molecule has 0 aliphatic heterocycles. The van der Waals surface area contributed by atoms with Crippen LogP contribution >= 0.6 is 35.0 Å². The van der Waals surface area contributed by atoms with Crippen molar-refractivity contribution in [2.24, 2.45) is 0 Å². The van der Waals surface area contributed by atoms with Crippen LogP contribution in [-0.4, -0.2) is 14.2 Å². The van der Waals surface area contributed by atoms with E-state index in [1.54, 1.807) is 24.5 Å². The van der Waals surface area contributed by atoms with Crippen LogP contribution in [-0.2, 0) is 17.2 Å². The number of nitrogens with zero attached hydrogens (tertiary/aromatic N) is 2. The minimum atomic E-state index is -4.66. The van der Waals surface area contributed by atoms with Crippen molar-refractivity contribution in [1.29, 1.82) is 0 Å².